The number of alkyl halides is 3. The number of fused-ring (bicyclic) bond motifs is 1. The summed E-state index contributed by atoms with van der Waals surface area (Å²) in [5.41, 5.74) is 0.816. The van der Waals surface area contributed by atoms with Crippen LogP contribution in [-0.4, -0.2) is 10.9 Å². The third kappa shape index (κ3) is 2.67. The Morgan fingerprint density at radius 1 is 1.00 bits per heavy atom. The number of nitrogens with one attached hydrogen (secondary N) is 2. The highest BCUT2D eigenvalue weighted by atomic mass is 19.4. The fraction of sp³-hybridized carbons (Fsp3) is 0.0625. The van der Waals surface area contributed by atoms with Gasteiger partial charge in [-0.05, 0) is 30.3 Å². The normalized spacial score (nSPS) is 11.6. The van der Waals surface area contributed by atoms with Gasteiger partial charge >= 0.3 is 6.18 Å². The topological polar surface area (TPSA) is 44.9 Å². The number of rotatable bonds is 2. The van der Waals surface area contributed by atoms with E-state index in [0.717, 1.165) is 23.0 Å². The van der Waals surface area contributed by atoms with Crippen LogP contribution >= 0.6 is 0 Å². The van der Waals surface area contributed by atoms with Gasteiger partial charge in [0, 0.05) is 22.8 Å². The highest BCUT2D eigenvalue weighted by molar-refractivity contribution is 6.12. The fourth-order valence-electron chi connectivity index (χ4n) is 2.20. The van der Waals surface area contributed by atoms with Gasteiger partial charge < -0.3 is 10.3 Å². The van der Waals surface area contributed by atoms with Gasteiger partial charge in [0.1, 0.15) is 0 Å². The highest BCUT2D eigenvalue weighted by Gasteiger charge is 2.30. The van der Waals surface area contributed by atoms with Crippen LogP contribution in [0.25, 0.3) is 10.9 Å². The summed E-state index contributed by atoms with van der Waals surface area (Å²) < 4.78 is 37.5. The van der Waals surface area contributed by atoms with E-state index in [1.807, 2.05) is 18.2 Å². The van der Waals surface area contributed by atoms with Gasteiger partial charge in [-0.15, -0.1) is 0 Å². The molecule has 0 radical (unpaired) electrons. The molecule has 0 saturated heterocycles. The smallest absolute Gasteiger partial charge is 0.360 e. The number of anilines is 1. The van der Waals surface area contributed by atoms with Gasteiger partial charge in [-0.3, -0.25) is 4.79 Å². The van der Waals surface area contributed by atoms with Crippen LogP contribution in [0.15, 0.2) is 54.7 Å². The van der Waals surface area contributed by atoms with Gasteiger partial charge in [0.25, 0.3) is 5.91 Å². The lowest BCUT2D eigenvalue weighted by Gasteiger charge is -2.08. The lowest BCUT2D eigenvalue weighted by molar-refractivity contribution is -0.137. The van der Waals surface area contributed by atoms with E-state index >= 15 is 0 Å². The maximum Gasteiger partial charge on any atom is 0.416 e. The molecule has 0 bridgehead atoms. The van der Waals surface area contributed by atoms with Crippen LogP contribution < -0.4 is 5.32 Å². The fourth-order valence-corrected chi connectivity index (χ4v) is 2.20. The Labute approximate surface area is 123 Å². The number of aromatic amines is 1. The molecule has 1 aromatic heterocycles. The second-order valence-electron chi connectivity index (χ2n) is 4.78. The van der Waals surface area contributed by atoms with Crippen molar-refractivity contribution in [1.29, 1.82) is 0 Å². The molecule has 112 valence electrons. The third-order valence-electron chi connectivity index (χ3n) is 3.30. The van der Waals surface area contributed by atoms with E-state index in [1.165, 1.54) is 12.1 Å². The van der Waals surface area contributed by atoms with Crippen LogP contribution in [0, 0.1) is 0 Å². The zero-order valence-electron chi connectivity index (χ0n) is 11.2. The van der Waals surface area contributed by atoms with Crippen molar-refractivity contribution < 1.29 is 18.0 Å². The predicted molar refractivity (Wildman–Crippen MR) is 77.7 cm³/mol. The first-order valence-electron chi connectivity index (χ1n) is 6.50. The molecule has 3 aromatic rings. The zero-order chi connectivity index (χ0) is 15.7. The lowest BCUT2D eigenvalue weighted by atomic mass is 10.1. The molecule has 0 atom stereocenters. The van der Waals surface area contributed by atoms with Crippen molar-refractivity contribution in [3.63, 3.8) is 0 Å². The van der Waals surface area contributed by atoms with Gasteiger partial charge in [-0.25, -0.2) is 0 Å². The second-order valence-corrected chi connectivity index (χ2v) is 4.78. The molecule has 2 N–H and O–H groups in total. The molecule has 22 heavy (non-hydrogen) atoms. The van der Waals surface area contributed by atoms with Crippen molar-refractivity contribution in [3.8, 4) is 0 Å². The Bertz CT molecular complexity index is 819. The first kappa shape index (κ1) is 14.2. The minimum Gasteiger partial charge on any atom is -0.360 e. The lowest BCUT2D eigenvalue weighted by Crippen LogP contribution is -2.12. The predicted octanol–water partition coefficient (Wildman–Crippen LogP) is 4.44. The van der Waals surface area contributed by atoms with Crippen molar-refractivity contribution in [2.45, 2.75) is 6.18 Å². The average Bonchev–Trinajstić information content (AvgIpc) is 2.91. The van der Waals surface area contributed by atoms with Crippen molar-refractivity contribution in [1.82, 2.24) is 4.98 Å². The number of hydrogen-bond donors (Lipinski definition) is 2. The molecule has 0 aliphatic rings. The maximum atomic E-state index is 12.5. The van der Waals surface area contributed by atoms with E-state index in [-0.39, 0.29) is 5.91 Å². The molecule has 1 amide bonds. The SMILES string of the molecule is O=C(Nc1ccc(C(F)(F)F)cc1)c1c[nH]c2ccccc12. The van der Waals surface area contributed by atoms with Crippen LogP contribution in [0.4, 0.5) is 18.9 Å². The Kier molecular flexibility index (Phi) is 3.36. The molecule has 3 rings (SSSR count). The number of benzene rings is 2. The summed E-state index contributed by atoms with van der Waals surface area (Å²) in [6, 6.07) is 11.6. The molecule has 1 heterocycles. The van der Waals surface area contributed by atoms with Crippen LogP contribution in [0.2, 0.25) is 0 Å². The summed E-state index contributed by atoms with van der Waals surface area (Å²) in [6.07, 6.45) is -2.82. The number of halogens is 3. The number of H-pyrrole nitrogens is 1. The molecular weight excluding hydrogens is 293 g/mol. The first-order chi connectivity index (χ1) is 10.4. The summed E-state index contributed by atoms with van der Waals surface area (Å²) in [6.45, 7) is 0. The summed E-state index contributed by atoms with van der Waals surface area (Å²) in [4.78, 5) is 15.2. The standard InChI is InChI=1S/C16H11F3N2O/c17-16(18,19)10-5-7-11(8-6-10)21-15(22)13-9-20-14-4-2-1-3-12(13)14/h1-9,20H,(H,21,22). The van der Waals surface area contributed by atoms with Gasteiger partial charge in [-0.1, -0.05) is 18.2 Å². The van der Waals surface area contributed by atoms with Crippen LogP contribution in [0.5, 0.6) is 0 Å². The van der Waals surface area contributed by atoms with Crippen molar-refractivity contribution >= 4 is 22.5 Å². The number of carbonyl (C=O) groups excluding carboxylic acids is 1. The van der Waals surface area contributed by atoms with E-state index in [9.17, 15) is 18.0 Å². The number of carbonyl (C=O) groups is 1. The van der Waals surface area contributed by atoms with Crippen molar-refractivity contribution in [2.75, 3.05) is 5.32 Å². The van der Waals surface area contributed by atoms with E-state index in [1.54, 1.807) is 12.3 Å². The van der Waals surface area contributed by atoms with E-state index < -0.39 is 11.7 Å². The average molecular weight is 304 g/mol. The summed E-state index contributed by atoms with van der Waals surface area (Å²) in [5, 5.41) is 3.35. The van der Waals surface area contributed by atoms with Crippen molar-refractivity contribution in [3.05, 3.63) is 65.9 Å². The molecule has 0 aliphatic carbocycles. The minimum atomic E-state index is -4.39. The monoisotopic (exact) mass is 304 g/mol. The molecular formula is C16H11F3N2O. The minimum absolute atomic E-state index is 0.309. The Balaban J connectivity index is 1.82. The van der Waals surface area contributed by atoms with Gasteiger partial charge in [-0.2, -0.15) is 13.2 Å². The van der Waals surface area contributed by atoms with Crippen LogP contribution in [0.1, 0.15) is 15.9 Å². The van der Waals surface area contributed by atoms with E-state index in [0.29, 0.717) is 11.3 Å². The highest BCUT2D eigenvalue weighted by Crippen LogP contribution is 2.30. The summed E-state index contributed by atoms with van der Waals surface area (Å²) in [7, 11) is 0. The maximum absolute atomic E-state index is 12.5. The van der Waals surface area contributed by atoms with E-state index in [4.69, 9.17) is 0 Å². The van der Waals surface area contributed by atoms with Crippen LogP contribution in [-0.2, 0) is 6.18 Å². The largest absolute Gasteiger partial charge is 0.416 e. The quantitative estimate of drug-likeness (QED) is 0.722. The van der Waals surface area contributed by atoms with Gasteiger partial charge in [0.05, 0.1) is 11.1 Å². The third-order valence-corrected chi connectivity index (χ3v) is 3.30. The first-order valence-corrected chi connectivity index (χ1v) is 6.50. The Hall–Kier alpha value is -2.76. The summed E-state index contributed by atoms with van der Waals surface area (Å²) in [5.74, 6) is -0.378. The molecule has 0 saturated carbocycles. The Morgan fingerprint density at radius 3 is 2.36 bits per heavy atom. The molecule has 2 aromatic carbocycles. The van der Waals surface area contributed by atoms with Gasteiger partial charge in [0.2, 0.25) is 0 Å². The van der Waals surface area contributed by atoms with E-state index in [2.05, 4.69) is 10.3 Å². The number of para-hydroxylation sites is 1. The van der Waals surface area contributed by atoms with Gasteiger partial charge in [0.15, 0.2) is 0 Å². The zero-order valence-corrected chi connectivity index (χ0v) is 11.2. The number of aromatic nitrogens is 1. The molecule has 0 unspecified atom stereocenters. The van der Waals surface area contributed by atoms with Crippen molar-refractivity contribution in [2.24, 2.45) is 0 Å². The van der Waals surface area contributed by atoms with Crippen LogP contribution in [0.3, 0.4) is 0 Å². The second kappa shape index (κ2) is 5.22. The number of amides is 1. The Morgan fingerprint density at radius 2 is 1.68 bits per heavy atom. The molecule has 6 heteroatoms. The molecule has 3 nitrogen and oxygen atoms in total. The molecule has 0 spiro atoms. The molecule has 0 fully saturated rings. The molecule has 0 aliphatic heterocycles. The number of hydrogen-bond acceptors (Lipinski definition) is 1. The summed E-state index contributed by atoms with van der Waals surface area (Å²) >= 11 is 0.